The minimum Gasteiger partial charge on any atom is -0.342 e. The summed E-state index contributed by atoms with van der Waals surface area (Å²) in [6, 6.07) is 10.3. The molecule has 5 heteroatoms. The number of benzene rings is 1. The van der Waals surface area contributed by atoms with Gasteiger partial charge in [-0.1, -0.05) is 30.3 Å². The predicted molar refractivity (Wildman–Crippen MR) is 102 cm³/mol. The summed E-state index contributed by atoms with van der Waals surface area (Å²) in [4.78, 5) is 29.0. The highest BCUT2D eigenvalue weighted by Crippen LogP contribution is 2.39. The van der Waals surface area contributed by atoms with Gasteiger partial charge in [0.05, 0.1) is 5.54 Å². The summed E-state index contributed by atoms with van der Waals surface area (Å²) in [6.07, 6.45) is 4.41. The molecule has 0 saturated carbocycles. The second-order valence-corrected chi connectivity index (χ2v) is 8.60. The predicted octanol–water partition coefficient (Wildman–Crippen LogP) is 2.20. The number of likely N-dealkylation sites (tertiary alicyclic amines) is 2. The number of piperidine rings is 2. The van der Waals surface area contributed by atoms with Crippen molar-refractivity contribution in [1.82, 2.24) is 9.80 Å². The fourth-order valence-electron chi connectivity index (χ4n) is 4.34. The molecule has 0 radical (unpaired) electrons. The average molecular weight is 357 g/mol. The van der Waals surface area contributed by atoms with E-state index in [0.29, 0.717) is 6.42 Å². The molecule has 0 bridgehead atoms. The van der Waals surface area contributed by atoms with E-state index in [1.54, 1.807) is 13.8 Å². The lowest BCUT2D eigenvalue weighted by Gasteiger charge is -2.49. The van der Waals surface area contributed by atoms with Crippen molar-refractivity contribution in [2.24, 2.45) is 11.1 Å². The molecule has 2 amide bonds. The van der Waals surface area contributed by atoms with Gasteiger partial charge >= 0.3 is 0 Å². The van der Waals surface area contributed by atoms with Crippen LogP contribution in [-0.4, -0.2) is 53.3 Å². The van der Waals surface area contributed by atoms with Crippen LogP contribution in [0.5, 0.6) is 0 Å². The van der Waals surface area contributed by atoms with E-state index in [2.05, 4.69) is 12.1 Å². The SMILES string of the molecule is CC(C)(N)C(=O)N1CCC[C@]2(CCC(=O)N(CCc3ccccc3)C2)C1. The Hall–Kier alpha value is -1.88. The molecule has 1 aromatic carbocycles. The number of carbonyl (C=O) groups excluding carboxylic acids is 2. The maximum Gasteiger partial charge on any atom is 0.242 e. The van der Waals surface area contributed by atoms with Crippen molar-refractivity contribution in [1.29, 1.82) is 0 Å². The summed E-state index contributed by atoms with van der Waals surface area (Å²) < 4.78 is 0. The number of rotatable bonds is 4. The van der Waals surface area contributed by atoms with Crippen LogP contribution in [-0.2, 0) is 16.0 Å². The highest BCUT2D eigenvalue weighted by Gasteiger charge is 2.43. The third-order valence-electron chi connectivity index (χ3n) is 5.76. The van der Waals surface area contributed by atoms with Gasteiger partial charge in [-0.15, -0.1) is 0 Å². The van der Waals surface area contributed by atoms with Gasteiger partial charge < -0.3 is 15.5 Å². The topological polar surface area (TPSA) is 66.6 Å². The first-order valence-corrected chi connectivity index (χ1v) is 9.69. The van der Waals surface area contributed by atoms with Gasteiger partial charge in [-0.05, 0) is 45.1 Å². The van der Waals surface area contributed by atoms with Gasteiger partial charge in [-0.2, -0.15) is 0 Å². The van der Waals surface area contributed by atoms with Crippen LogP contribution in [0.15, 0.2) is 30.3 Å². The Morgan fingerprint density at radius 3 is 2.62 bits per heavy atom. The number of hydrogen-bond acceptors (Lipinski definition) is 3. The van der Waals surface area contributed by atoms with E-state index < -0.39 is 5.54 Å². The molecular weight excluding hydrogens is 326 g/mol. The van der Waals surface area contributed by atoms with Crippen molar-refractivity contribution in [3.05, 3.63) is 35.9 Å². The van der Waals surface area contributed by atoms with Gasteiger partial charge in [0.15, 0.2) is 0 Å². The fraction of sp³-hybridized carbons (Fsp3) is 0.619. The van der Waals surface area contributed by atoms with Crippen LogP contribution in [0.2, 0.25) is 0 Å². The zero-order valence-corrected chi connectivity index (χ0v) is 16.0. The molecule has 2 saturated heterocycles. The van der Waals surface area contributed by atoms with Gasteiger partial charge in [-0.25, -0.2) is 0 Å². The number of amides is 2. The molecule has 2 N–H and O–H groups in total. The standard InChI is InChI=1S/C21H31N3O2/c1-20(2,22)19(26)24-13-6-11-21(16-24)12-9-18(25)23(15-21)14-10-17-7-4-3-5-8-17/h3-5,7-8H,6,9-16,22H2,1-2H3/t21-/m1/s1. The first kappa shape index (κ1) is 18.9. The van der Waals surface area contributed by atoms with Gasteiger partial charge in [-0.3, -0.25) is 9.59 Å². The van der Waals surface area contributed by atoms with Crippen molar-refractivity contribution in [2.45, 2.75) is 51.5 Å². The third-order valence-corrected chi connectivity index (χ3v) is 5.76. The highest BCUT2D eigenvalue weighted by molar-refractivity contribution is 5.85. The lowest BCUT2D eigenvalue weighted by Crippen LogP contribution is -2.59. The minimum atomic E-state index is -0.837. The number of nitrogens with two attached hydrogens (primary N) is 1. The van der Waals surface area contributed by atoms with Crippen molar-refractivity contribution in [3.8, 4) is 0 Å². The first-order chi connectivity index (χ1) is 12.3. The first-order valence-electron chi connectivity index (χ1n) is 9.69. The van der Waals surface area contributed by atoms with Crippen LogP contribution in [0, 0.1) is 5.41 Å². The molecule has 26 heavy (non-hydrogen) atoms. The summed E-state index contributed by atoms with van der Waals surface area (Å²) in [7, 11) is 0. The molecule has 2 aliphatic rings. The summed E-state index contributed by atoms with van der Waals surface area (Å²) >= 11 is 0. The Balaban J connectivity index is 1.66. The van der Waals surface area contributed by atoms with E-state index in [4.69, 9.17) is 5.73 Å². The van der Waals surface area contributed by atoms with Crippen molar-refractivity contribution < 1.29 is 9.59 Å². The average Bonchev–Trinajstić information content (AvgIpc) is 2.62. The quantitative estimate of drug-likeness (QED) is 0.898. The second-order valence-electron chi connectivity index (χ2n) is 8.60. The molecule has 1 aromatic rings. The summed E-state index contributed by atoms with van der Waals surface area (Å²) in [6.45, 7) is 6.55. The van der Waals surface area contributed by atoms with Crippen LogP contribution >= 0.6 is 0 Å². The summed E-state index contributed by atoms with van der Waals surface area (Å²) in [5.41, 5.74) is 6.48. The highest BCUT2D eigenvalue weighted by atomic mass is 16.2. The maximum atomic E-state index is 12.6. The number of nitrogens with zero attached hydrogens (tertiary/aromatic N) is 2. The number of hydrogen-bond donors (Lipinski definition) is 1. The van der Waals surface area contributed by atoms with E-state index in [1.807, 2.05) is 28.0 Å². The lowest BCUT2D eigenvalue weighted by atomic mass is 9.73. The Morgan fingerprint density at radius 1 is 1.19 bits per heavy atom. The van der Waals surface area contributed by atoms with E-state index >= 15 is 0 Å². The molecule has 0 aromatic heterocycles. The van der Waals surface area contributed by atoms with Crippen molar-refractivity contribution in [2.75, 3.05) is 26.2 Å². The van der Waals surface area contributed by atoms with Crippen LogP contribution in [0.4, 0.5) is 0 Å². The largest absolute Gasteiger partial charge is 0.342 e. The Labute approximate surface area is 156 Å². The van der Waals surface area contributed by atoms with Gasteiger partial charge in [0.2, 0.25) is 11.8 Å². The molecule has 5 nitrogen and oxygen atoms in total. The minimum absolute atomic E-state index is 0.0179. The lowest BCUT2D eigenvalue weighted by molar-refractivity contribution is -0.145. The van der Waals surface area contributed by atoms with Gasteiger partial charge in [0, 0.05) is 38.0 Å². The van der Waals surface area contributed by atoms with E-state index in [9.17, 15) is 9.59 Å². The molecule has 0 unspecified atom stereocenters. The molecule has 1 spiro atoms. The molecule has 142 valence electrons. The summed E-state index contributed by atoms with van der Waals surface area (Å²) in [5.74, 6) is 0.262. The molecule has 3 rings (SSSR count). The van der Waals surface area contributed by atoms with E-state index in [-0.39, 0.29) is 17.2 Å². The number of carbonyl (C=O) groups is 2. The Morgan fingerprint density at radius 2 is 1.92 bits per heavy atom. The zero-order chi connectivity index (χ0) is 18.8. The van der Waals surface area contributed by atoms with Crippen molar-refractivity contribution >= 4 is 11.8 Å². The fourth-order valence-corrected chi connectivity index (χ4v) is 4.34. The smallest absolute Gasteiger partial charge is 0.242 e. The Bertz CT molecular complexity index is 653. The van der Waals surface area contributed by atoms with Crippen LogP contribution in [0.3, 0.4) is 0 Å². The molecular formula is C21H31N3O2. The molecule has 0 aliphatic carbocycles. The van der Waals surface area contributed by atoms with E-state index in [1.165, 1.54) is 5.56 Å². The maximum absolute atomic E-state index is 12.6. The molecule has 2 fully saturated rings. The van der Waals surface area contributed by atoms with Crippen LogP contribution in [0.25, 0.3) is 0 Å². The van der Waals surface area contributed by atoms with Crippen LogP contribution < -0.4 is 5.73 Å². The zero-order valence-electron chi connectivity index (χ0n) is 16.0. The monoisotopic (exact) mass is 357 g/mol. The van der Waals surface area contributed by atoms with E-state index in [0.717, 1.165) is 51.9 Å². The normalized spacial score (nSPS) is 24.2. The second kappa shape index (κ2) is 7.39. The molecule has 2 heterocycles. The molecule has 1 atom stereocenters. The van der Waals surface area contributed by atoms with Crippen LogP contribution in [0.1, 0.15) is 45.1 Å². The summed E-state index contributed by atoms with van der Waals surface area (Å²) in [5, 5.41) is 0. The Kier molecular flexibility index (Phi) is 5.37. The molecule has 2 aliphatic heterocycles. The third kappa shape index (κ3) is 4.26. The van der Waals surface area contributed by atoms with Gasteiger partial charge in [0.1, 0.15) is 0 Å². The van der Waals surface area contributed by atoms with Crippen molar-refractivity contribution in [3.63, 3.8) is 0 Å². The van der Waals surface area contributed by atoms with Gasteiger partial charge in [0.25, 0.3) is 0 Å².